The Bertz CT molecular complexity index is 602. The Morgan fingerprint density at radius 3 is 2.90 bits per heavy atom. The number of hydrogen-bond donors (Lipinski definition) is 1. The molecule has 1 aromatic heterocycles. The van der Waals surface area contributed by atoms with Gasteiger partial charge in [0.15, 0.2) is 0 Å². The van der Waals surface area contributed by atoms with Gasteiger partial charge in [-0.1, -0.05) is 25.1 Å². The SMILES string of the molecule is CCC1SCCSC1C(NC)c1cnc2ccccc2c1. The zero-order valence-corrected chi connectivity index (χ0v) is 14.2. The fourth-order valence-corrected chi connectivity index (χ4v) is 6.32. The van der Waals surface area contributed by atoms with Gasteiger partial charge in [-0.25, -0.2) is 0 Å². The molecule has 1 aromatic carbocycles. The molecule has 112 valence electrons. The molecular formula is C17H22N2S2. The van der Waals surface area contributed by atoms with Crippen molar-refractivity contribution < 1.29 is 0 Å². The summed E-state index contributed by atoms with van der Waals surface area (Å²) in [7, 11) is 2.08. The summed E-state index contributed by atoms with van der Waals surface area (Å²) in [6.07, 6.45) is 3.29. The molecule has 1 aliphatic heterocycles. The van der Waals surface area contributed by atoms with Gasteiger partial charge in [-0.05, 0) is 31.2 Å². The number of hydrogen-bond acceptors (Lipinski definition) is 4. The molecule has 0 spiro atoms. The molecule has 1 aliphatic rings. The van der Waals surface area contributed by atoms with Gasteiger partial charge < -0.3 is 5.32 Å². The molecule has 3 unspecified atom stereocenters. The smallest absolute Gasteiger partial charge is 0.0702 e. The molecule has 0 saturated carbocycles. The van der Waals surface area contributed by atoms with Crippen LogP contribution in [0.5, 0.6) is 0 Å². The molecule has 21 heavy (non-hydrogen) atoms. The van der Waals surface area contributed by atoms with Gasteiger partial charge in [-0.2, -0.15) is 23.5 Å². The van der Waals surface area contributed by atoms with E-state index in [4.69, 9.17) is 0 Å². The molecular weight excluding hydrogens is 296 g/mol. The van der Waals surface area contributed by atoms with E-state index in [1.54, 1.807) is 0 Å². The molecule has 3 atom stereocenters. The number of benzene rings is 1. The maximum absolute atomic E-state index is 4.64. The molecule has 1 saturated heterocycles. The van der Waals surface area contributed by atoms with Gasteiger partial charge in [0.05, 0.1) is 5.52 Å². The van der Waals surface area contributed by atoms with E-state index in [1.807, 2.05) is 6.07 Å². The van der Waals surface area contributed by atoms with Crippen LogP contribution < -0.4 is 5.32 Å². The molecule has 2 nitrogen and oxygen atoms in total. The quantitative estimate of drug-likeness (QED) is 0.916. The minimum atomic E-state index is 0.379. The Morgan fingerprint density at radius 1 is 1.29 bits per heavy atom. The van der Waals surface area contributed by atoms with Gasteiger partial charge in [-0.15, -0.1) is 0 Å². The van der Waals surface area contributed by atoms with Crippen LogP contribution in [0.3, 0.4) is 0 Å². The summed E-state index contributed by atoms with van der Waals surface area (Å²) in [6, 6.07) is 11.0. The number of fused-ring (bicyclic) bond motifs is 1. The third-order valence-corrected chi connectivity index (χ3v) is 7.46. The molecule has 1 N–H and O–H groups in total. The van der Waals surface area contributed by atoms with Crippen molar-refractivity contribution in [1.82, 2.24) is 10.3 Å². The van der Waals surface area contributed by atoms with E-state index in [9.17, 15) is 0 Å². The van der Waals surface area contributed by atoms with Gasteiger partial charge >= 0.3 is 0 Å². The van der Waals surface area contributed by atoms with Crippen LogP contribution in [0.2, 0.25) is 0 Å². The zero-order chi connectivity index (χ0) is 14.7. The Balaban J connectivity index is 1.93. The maximum Gasteiger partial charge on any atom is 0.0702 e. The first-order chi connectivity index (χ1) is 10.3. The summed E-state index contributed by atoms with van der Waals surface area (Å²) >= 11 is 4.25. The Kier molecular flexibility index (Phi) is 5.09. The number of nitrogens with zero attached hydrogens (tertiary/aromatic N) is 1. The second-order valence-electron chi connectivity index (χ2n) is 5.38. The number of aromatic nitrogens is 1. The predicted molar refractivity (Wildman–Crippen MR) is 96.3 cm³/mol. The summed E-state index contributed by atoms with van der Waals surface area (Å²) in [4.78, 5) is 4.64. The van der Waals surface area contributed by atoms with Crippen LogP contribution in [-0.4, -0.2) is 34.0 Å². The number of nitrogens with one attached hydrogen (secondary N) is 1. The van der Waals surface area contributed by atoms with E-state index in [0.29, 0.717) is 11.3 Å². The van der Waals surface area contributed by atoms with Gasteiger partial charge in [0.2, 0.25) is 0 Å². The lowest BCUT2D eigenvalue weighted by Gasteiger charge is -2.36. The van der Waals surface area contributed by atoms with E-state index in [-0.39, 0.29) is 0 Å². The third kappa shape index (κ3) is 3.22. The first-order valence-corrected chi connectivity index (χ1v) is 9.68. The Morgan fingerprint density at radius 2 is 2.10 bits per heavy atom. The molecule has 2 aromatic rings. The number of thioether (sulfide) groups is 2. The highest BCUT2D eigenvalue weighted by Gasteiger charge is 2.32. The van der Waals surface area contributed by atoms with Gasteiger partial charge in [-0.3, -0.25) is 4.98 Å². The van der Waals surface area contributed by atoms with E-state index in [0.717, 1.165) is 10.8 Å². The van der Waals surface area contributed by atoms with E-state index in [2.05, 4.69) is 78.3 Å². The fourth-order valence-electron chi connectivity index (χ4n) is 3.03. The first kappa shape index (κ1) is 15.2. The highest BCUT2D eigenvalue weighted by Crippen LogP contribution is 2.40. The highest BCUT2D eigenvalue weighted by atomic mass is 32.2. The lowest BCUT2D eigenvalue weighted by atomic mass is 10.0. The lowest BCUT2D eigenvalue weighted by Crippen LogP contribution is -2.37. The summed E-state index contributed by atoms with van der Waals surface area (Å²) in [6.45, 7) is 2.31. The Labute approximate surface area is 135 Å². The fraction of sp³-hybridized carbons (Fsp3) is 0.471. The normalized spacial score (nSPS) is 24.1. The topological polar surface area (TPSA) is 24.9 Å². The zero-order valence-electron chi connectivity index (χ0n) is 12.6. The van der Waals surface area contributed by atoms with E-state index < -0.39 is 0 Å². The summed E-state index contributed by atoms with van der Waals surface area (Å²) in [5.74, 6) is 2.54. The Hall–Kier alpha value is -0.710. The molecule has 3 rings (SSSR count). The van der Waals surface area contributed by atoms with Gasteiger partial charge in [0.1, 0.15) is 0 Å². The van der Waals surface area contributed by atoms with E-state index in [1.165, 1.54) is 28.9 Å². The molecule has 4 heteroatoms. The van der Waals surface area contributed by atoms with Crippen molar-refractivity contribution in [2.75, 3.05) is 18.6 Å². The summed E-state index contributed by atoms with van der Waals surface area (Å²) in [5, 5.41) is 6.13. The second-order valence-corrected chi connectivity index (χ2v) is 8.01. The second kappa shape index (κ2) is 7.03. The lowest BCUT2D eigenvalue weighted by molar-refractivity contribution is 0.543. The van der Waals surface area contributed by atoms with Crippen LogP contribution in [0, 0.1) is 0 Å². The van der Waals surface area contributed by atoms with Crippen LogP contribution in [-0.2, 0) is 0 Å². The van der Waals surface area contributed by atoms with Crippen molar-refractivity contribution in [1.29, 1.82) is 0 Å². The van der Waals surface area contributed by atoms with Crippen LogP contribution in [0.4, 0.5) is 0 Å². The molecule has 0 radical (unpaired) electrons. The maximum atomic E-state index is 4.64. The van der Waals surface area contributed by atoms with Crippen LogP contribution in [0.25, 0.3) is 10.9 Å². The largest absolute Gasteiger partial charge is 0.312 e. The van der Waals surface area contributed by atoms with Crippen molar-refractivity contribution >= 4 is 34.4 Å². The molecule has 0 aliphatic carbocycles. The third-order valence-electron chi connectivity index (χ3n) is 4.10. The van der Waals surface area contributed by atoms with Gasteiger partial charge in [0.25, 0.3) is 0 Å². The monoisotopic (exact) mass is 318 g/mol. The molecule has 1 fully saturated rings. The predicted octanol–water partition coefficient (Wildman–Crippen LogP) is 4.12. The van der Waals surface area contributed by atoms with Gasteiger partial charge in [0, 0.05) is 39.6 Å². The molecule has 0 amide bonds. The minimum Gasteiger partial charge on any atom is -0.312 e. The van der Waals surface area contributed by atoms with Crippen LogP contribution >= 0.6 is 23.5 Å². The number of para-hydroxylation sites is 1. The summed E-state index contributed by atoms with van der Waals surface area (Å²) in [5.41, 5.74) is 2.39. The van der Waals surface area contributed by atoms with Crippen molar-refractivity contribution in [2.24, 2.45) is 0 Å². The molecule has 2 heterocycles. The summed E-state index contributed by atoms with van der Waals surface area (Å²) < 4.78 is 0. The molecule has 0 bridgehead atoms. The van der Waals surface area contributed by atoms with E-state index >= 15 is 0 Å². The van der Waals surface area contributed by atoms with Crippen molar-refractivity contribution in [3.8, 4) is 0 Å². The first-order valence-electron chi connectivity index (χ1n) is 7.58. The van der Waals surface area contributed by atoms with Crippen molar-refractivity contribution in [3.05, 3.63) is 42.1 Å². The standard InChI is InChI=1S/C17H22N2S2/c1-3-15-17(21-9-8-20-15)16(18-2)13-10-12-6-4-5-7-14(12)19-11-13/h4-7,10-11,15-18H,3,8-9H2,1-2H3. The van der Waals surface area contributed by atoms with Crippen molar-refractivity contribution in [3.63, 3.8) is 0 Å². The highest BCUT2D eigenvalue weighted by molar-refractivity contribution is 8.07. The average Bonchev–Trinajstić information content (AvgIpc) is 2.56. The van der Waals surface area contributed by atoms with Crippen LogP contribution in [0.1, 0.15) is 24.9 Å². The average molecular weight is 319 g/mol. The van der Waals surface area contributed by atoms with Crippen molar-refractivity contribution in [2.45, 2.75) is 29.9 Å². The number of pyridine rings is 1. The number of rotatable bonds is 4. The van der Waals surface area contributed by atoms with Crippen LogP contribution in [0.15, 0.2) is 36.5 Å². The minimum absolute atomic E-state index is 0.379.